The first-order valence-corrected chi connectivity index (χ1v) is 4.39. The SMILES string of the molecule is Cl.NCCCCOCCCCN. The molecule has 0 rings (SSSR count). The molecule has 0 heterocycles. The first kappa shape index (κ1) is 14.7. The Kier molecular flexibility index (Phi) is 16.8. The van der Waals surface area contributed by atoms with Gasteiger partial charge < -0.3 is 16.2 Å². The lowest BCUT2D eigenvalue weighted by Gasteiger charge is -2.01. The first-order valence-electron chi connectivity index (χ1n) is 4.39. The Bertz CT molecular complexity index is 66.1. The van der Waals surface area contributed by atoms with Gasteiger partial charge in [0.15, 0.2) is 0 Å². The van der Waals surface area contributed by atoms with Crippen LogP contribution < -0.4 is 11.5 Å². The molecular formula is C8H21ClN2O. The van der Waals surface area contributed by atoms with Gasteiger partial charge in [-0.3, -0.25) is 0 Å². The minimum atomic E-state index is 0. The van der Waals surface area contributed by atoms with Crippen LogP contribution in [0, 0.1) is 0 Å². The highest BCUT2D eigenvalue weighted by atomic mass is 35.5. The second-order valence-corrected chi connectivity index (χ2v) is 2.60. The molecule has 0 aliphatic heterocycles. The molecule has 4 N–H and O–H groups in total. The lowest BCUT2D eigenvalue weighted by atomic mass is 10.3. The van der Waals surface area contributed by atoms with Crippen molar-refractivity contribution in [3.8, 4) is 0 Å². The summed E-state index contributed by atoms with van der Waals surface area (Å²) in [5, 5.41) is 0. The van der Waals surface area contributed by atoms with Crippen molar-refractivity contribution >= 4 is 12.4 Å². The summed E-state index contributed by atoms with van der Waals surface area (Å²) in [5.74, 6) is 0. The summed E-state index contributed by atoms with van der Waals surface area (Å²) in [6.07, 6.45) is 4.30. The van der Waals surface area contributed by atoms with Gasteiger partial charge in [-0.25, -0.2) is 0 Å². The van der Waals surface area contributed by atoms with Crippen LogP contribution in [0.15, 0.2) is 0 Å². The van der Waals surface area contributed by atoms with Crippen LogP contribution in [0.4, 0.5) is 0 Å². The third kappa shape index (κ3) is 12.8. The number of nitrogens with two attached hydrogens (primary N) is 2. The Morgan fingerprint density at radius 1 is 0.750 bits per heavy atom. The maximum absolute atomic E-state index is 5.33. The van der Waals surface area contributed by atoms with Crippen LogP contribution in [0.3, 0.4) is 0 Å². The van der Waals surface area contributed by atoms with Crippen molar-refractivity contribution in [3.05, 3.63) is 0 Å². The number of hydrogen-bond donors (Lipinski definition) is 2. The van der Waals surface area contributed by atoms with Crippen LogP contribution in [-0.2, 0) is 4.74 Å². The summed E-state index contributed by atoms with van der Waals surface area (Å²) in [5.41, 5.74) is 10.6. The van der Waals surface area contributed by atoms with Gasteiger partial charge in [-0.15, -0.1) is 12.4 Å². The molecule has 0 aromatic heterocycles. The molecule has 0 saturated heterocycles. The van der Waals surface area contributed by atoms with Crippen molar-refractivity contribution in [1.29, 1.82) is 0 Å². The Morgan fingerprint density at radius 2 is 1.17 bits per heavy atom. The lowest BCUT2D eigenvalue weighted by molar-refractivity contribution is 0.127. The van der Waals surface area contributed by atoms with Gasteiger partial charge in [0, 0.05) is 13.2 Å². The third-order valence-electron chi connectivity index (χ3n) is 1.49. The van der Waals surface area contributed by atoms with E-state index in [0.29, 0.717) is 0 Å². The van der Waals surface area contributed by atoms with E-state index < -0.39 is 0 Å². The standard InChI is InChI=1S/C8H20N2O.ClH/c9-5-1-3-7-11-8-4-2-6-10;/h1-10H2;1H. The van der Waals surface area contributed by atoms with Crippen molar-refractivity contribution in [2.75, 3.05) is 26.3 Å². The number of halogens is 1. The molecule has 76 valence electrons. The zero-order valence-corrected chi connectivity index (χ0v) is 8.44. The zero-order chi connectivity index (χ0) is 8.36. The smallest absolute Gasteiger partial charge is 0.0466 e. The molecule has 4 heteroatoms. The maximum atomic E-state index is 5.33. The number of rotatable bonds is 8. The van der Waals surface area contributed by atoms with Crippen molar-refractivity contribution in [1.82, 2.24) is 0 Å². The molecular weight excluding hydrogens is 176 g/mol. The molecule has 0 radical (unpaired) electrons. The highest BCUT2D eigenvalue weighted by Gasteiger charge is 1.88. The van der Waals surface area contributed by atoms with Gasteiger partial charge in [-0.05, 0) is 38.8 Å². The van der Waals surface area contributed by atoms with E-state index in [-0.39, 0.29) is 12.4 Å². The highest BCUT2D eigenvalue weighted by Crippen LogP contribution is 1.91. The van der Waals surface area contributed by atoms with Crippen LogP contribution >= 0.6 is 12.4 Å². The molecule has 0 atom stereocenters. The topological polar surface area (TPSA) is 61.3 Å². The Labute approximate surface area is 81.2 Å². The minimum Gasteiger partial charge on any atom is -0.381 e. The lowest BCUT2D eigenvalue weighted by Crippen LogP contribution is -2.04. The second kappa shape index (κ2) is 13.7. The molecule has 12 heavy (non-hydrogen) atoms. The number of ether oxygens (including phenoxy) is 1. The normalized spacial score (nSPS) is 9.50. The molecule has 0 fully saturated rings. The van der Waals surface area contributed by atoms with Gasteiger partial charge in [0.25, 0.3) is 0 Å². The monoisotopic (exact) mass is 196 g/mol. The largest absolute Gasteiger partial charge is 0.381 e. The summed E-state index contributed by atoms with van der Waals surface area (Å²) in [6, 6.07) is 0. The number of hydrogen-bond acceptors (Lipinski definition) is 3. The van der Waals surface area contributed by atoms with Gasteiger partial charge in [-0.2, -0.15) is 0 Å². The molecule has 0 spiro atoms. The van der Waals surface area contributed by atoms with E-state index >= 15 is 0 Å². The van der Waals surface area contributed by atoms with Crippen LogP contribution in [-0.4, -0.2) is 26.3 Å². The van der Waals surface area contributed by atoms with E-state index in [1.54, 1.807) is 0 Å². The molecule has 3 nitrogen and oxygen atoms in total. The predicted octanol–water partition coefficient (Wildman–Crippen LogP) is 0.903. The fraction of sp³-hybridized carbons (Fsp3) is 1.00. The average molecular weight is 197 g/mol. The van der Waals surface area contributed by atoms with Crippen molar-refractivity contribution in [2.24, 2.45) is 11.5 Å². The van der Waals surface area contributed by atoms with Crippen molar-refractivity contribution in [3.63, 3.8) is 0 Å². The molecule has 0 aliphatic rings. The molecule has 0 bridgehead atoms. The number of unbranched alkanes of at least 4 members (excludes halogenated alkanes) is 2. The Morgan fingerprint density at radius 3 is 1.50 bits per heavy atom. The summed E-state index contributed by atoms with van der Waals surface area (Å²) in [6.45, 7) is 3.24. The van der Waals surface area contributed by atoms with Gasteiger partial charge in [0.05, 0.1) is 0 Å². The van der Waals surface area contributed by atoms with Crippen LogP contribution in [0.2, 0.25) is 0 Å². The molecule has 0 amide bonds. The third-order valence-corrected chi connectivity index (χ3v) is 1.49. The molecule has 0 unspecified atom stereocenters. The van der Waals surface area contributed by atoms with Gasteiger partial charge in [0.1, 0.15) is 0 Å². The summed E-state index contributed by atoms with van der Waals surface area (Å²) < 4.78 is 5.33. The fourth-order valence-electron chi connectivity index (χ4n) is 0.799. The van der Waals surface area contributed by atoms with E-state index in [9.17, 15) is 0 Å². The van der Waals surface area contributed by atoms with E-state index in [1.165, 1.54) is 0 Å². The molecule has 0 aromatic carbocycles. The van der Waals surface area contributed by atoms with Crippen molar-refractivity contribution < 1.29 is 4.74 Å². The van der Waals surface area contributed by atoms with E-state index in [4.69, 9.17) is 16.2 Å². The summed E-state index contributed by atoms with van der Waals surface area (Å²) in [4.78, 5) is 0. The molecule has 0 aromatic rings. The van der Waals surface area contributed by atoms with Crippen molar-refractivity contribution in [2.45, 2.75) is 25.7 Å². The van der Waals surface area contributed by atoms with E-state index in [0.717, 1.165) is 52.0 Å². The van der Waals surface area contributed by atoms with Crippen LogP contribution in [0.5, 0.6) is 0 Å². The fourth-order valence-corrected chi connectivity index (χ4v) is 0.799. The van der Waals surface area contributed by atoms with Crippen LogP contribution in [0.25, 0.3) is 0 Å². The van der Waals surface area contributed by atoms with Gasteiger partial charge in [0.2, 0.25) is 0 Å². The quantitative estimate of drug-likeness (QED) is 0.568. The van der Waals surface area contributed by atoms with Gasteiger partial charge in [-0.1, -0.05) is 0 Å². The predicted molar refractivity (Wildman–Crippen MR) is 54.6 cm³/mol. The van der Waals surface area contributed by atoms with E-state index in [1.807, 2.05) is 0 Å². The molecule has 0 aliphatic carbocycles. The summed E-state index contributed by atoms with van der Waals surface area (Å²) >= 11 is 0. The Balaban J connectivity index is 0. The maximum Gasteiger partial charge on any atom is 0.0466 e. The second-order valence-electron chi connectivity index (χ2n) is 2.60. The Hall–Kier alpha value is 0.170. The average Bonchev–Trinajstić information content (AvgIpc) is 2.03. The van der Waals surface area contributed by atoms with Gasteiger partial charge >= 0.3 is 0 Å². The summed E-state index contributed by atoms with van der Waals surface area (Å²) in [7, 11) is 0. The zero-order valence-electron chi connectivity index (χ0n) is 7.63. The van der Waals surface area contributed by atoms with E-state index in [2.05, 4.69) is 0 Å². The highest BCUT2D eigenvalue weighted by molar-refractivity contribution is 5.85. The van der Waals surface area contributed by atoms with Crippen LogP contribution in [0.1, 0.15) is 25.7 Å². The minimum absolute atomic E-state index is 0. The molecule has 0 saturated carbocycles. The first-order chi connectivity index (χ1) is 5.41.